The smallest absolute Gasteiger partial charge is 0.108 e. The molecular formula is C14H10N2O. The third-order valence-electron chi connectivity index (χ3n) is 2.97. The molecule has 0 aliphatic heterocycles. The van der Waals surface area contributed by atoms with E-state index in [-0.39, 0.29) is 0 Å². The molecule has 1 aromatic carbocycles. The Labute approximate surface area is 98.8 Å². The van der Waals surface area contributed by atoms with Crippen LogP contribution in [0.5, 0.6) is 0 Å². The summed E-state index contributed by atoms with van der Waals surface area (Å²) >= 11 is 0. The number of pyridine rings is 1. The summed E-state index contributed by atoms with van der Waals surface area (Å²) in [5.74, 6) is 0. The van der Waals surface area contributed by atoms with Crippen molar-refractivity contribution in [3.63, 3.8) is 0 Å². The van der Waals surface area contributed by atoms with Gasteiger partial charge < -0.3 is 0 Å². The van der Waals surface area contributed by atoms with Crippen molar-refractivity contribution < 1.29 is 0 Å². The summed E-state index contributed by atoms with van der Waals surface area (Å²) in [4.78, 5) is 14.7. The molecule has 3 heteroatoms. The van der Waals surface area contributed by atoms with E-state index in [2.05, 4.69) is 22.3 Å². The van der Waals surface area contributed by atoms with E-state index in [1.54, 1.807) is 12.3 Å². The van der Waals surface area contributed by atoms with Gasteiger partial charge in [0.15, 0.2) is 0 Å². The molecule has 0 radical (unpaired) electrons. The van der Waals surface area contributed by atoms with Gasteiger partial charge >= 0.3 is 0 Å². The molecule has 1 heterocycles. The first-order valence-electron chi connectivity index (χ1n) is 5.46. The van der Waals surface area contributed by atoms with E-state index in [0.29, 0.717) is 5.69 Å². The number of nitroso groups, excluding NO2 is 1. The number of hydrogen-bond acceptors (Lipinski definition) is 3. The van der Waals surface area contributed by atoms with Gasteiger partial charge in [0.2, 0.25) is 0 Å². The quantitative estimate of drug-likeness (QED) is 0.690. The van der Waals surface area contributed by atoms with Crippen LogP contribution in [0.1, 0.15) is 11.1 Å². The second-order valence-corrected chi connectivity index (χ2v) is 4.00. The number of hydrogen-bond donors (Lipinski definition) is 0. The lowest BCUT2D eigenvalue weighted by Gasteiger charge is -2.08. The van der Waals surface area contributed by atoms with E-state index in [9.17, 15) is 4.91 Å². The molecule has 0 unspecified atom stereocenters. The molecule has 1 aliphatic rings. The minimum Gasteiger partial charge on any atom is -0.264 e. The van der Waals surface area contributed by atoms with Crippen molar-refractivity contribution in [3.05, 3.63) is 58.8 Å². The largest absolute Gasteiger partial charge is 0.264 e. The highest BCUT2D eigenvalue weighted by Crippen LogP contribution is 2.32. The molecule has 0 atom stereocenters. The fraction of sp³-hybridized carbons (Fsp3) is 0.0714. The van der Waals surface area contributed by atoms with E-state index in [0.717, 1.165) is 28.7 Å². The maximum Gasteiger partial charge on any atom is 0.108 e. The molecule has 0 saturated carbocycles. The van der Waals surface area contributed by atoms with Gasteiger partial charge in [-0.15, -0.1) is 4.91 Å². The molecule has 0 bridgehead atoms. The third kappa shape index (κ3) is 1.65. The van der Waals surface area contributed by atoms with Crippen LogP contribution in [0.4, 0.5) is 5.69 Å². The summed E-state index contributed by atoms with van der Waals surface area (Å²) in [6, 6.07) is 7.52. The second kappa shape index (κ2) is 3.94. The number of allylic oxidation sites excluding steroid dienone is 1. The Morgan fingerprint density at radius 1 is 1.18 bits per heavy atom. The molecular weight excluding hydrogens is 212 g/mol. The molecule has 82 valence electrons. The first kappa shape index (κ1) is 9.90. The van der Waals surface area contributed by atoms with Crippen LogP contribution in [-0.2, 0) is 6.42 Å². The Bertz CT molecular complexity index is 617. The summed E-state index contributed by atoms with van der Waals surface area (Å²) in [7, 11) is 0. The zero-order valence-corrected chi connectivity index (χ0v) is 9.13. The molecule has 1 aromatic heterocycles. The lowest BCUT2D eigenvalue weighted by atomic mass is 9.98. The third-order valence-corrected chi connectivity index (χ3v) is 2.97. The summed E-state index contributed by atoms with van der Waals surface area (Å²) in [6.07, 6.45) is 8.64. The number of benzene rings is 1. The average molecular weight is 222 g/mol. The average Bonchev–Trinajstić information content (AvgIpc) is 2.57. The number of rotatable bonds is 1. The normalized spacial score (nSPS) is 12.5. The fourth-order valence-electron chi connectivity index (χ4n) is 2.16. The van der Waals surface area contributed by atoms with Crippen LogP contribution < -0.4 is 0 Å². The van der Waals surface area contributed by atoms with Gasteiger partial charge in [0.25, 0.3) is 0 Å². The zero-order valence-electron chi connectivity index (χ0n) is 9.13. The minimum absolute atomic E-state index is 0.476. The maximum absolute atomic E-state index is 10.5. The Morgan fingerprint density at radius 3 is 3.00 bits per heavy atom. The van der Waals surface area contributed by atoms with Crippen molar-refractivity contribution in [1.82, 2.24) is 4.98 Å². The van der Waals surface area contributed by atoms with E-state index in [1.165, 1.54) is 0 Å². The van der Waals surface area contributed by atoms with Crippen LogP contribution in [0, 0.1) is 4.91 Å². The molecule has 0 saturated heterocycles. The first-order valence-corrected chi connectivity index (χ1v) is 5.46. The topological polar surface area (TPSA) is 42.3 Å². The summed E-state index contributed by atoms with van der Waals surface area (Å²) in [5.41, 5.74) is 4.99. The highest BCUT2D eigenvalue weighted by molar-refractivity contribution is 5.79. The molecule has 3 rings (SSSR count). The van der Waals surface area contributed by atoms with Crippen LogP contribution in [-0.4, -0.2) is 4.98 Å². The predicted molar refractivity (Wildman–Crippen MR) is 67.9 cm³/mol. The van der Waals surface area contributed by atoms with Gasteiger partial charge in [-0.3, -0.25) is 4.98 Å². The van der Waals surface area contributed by atoms with E-state index >= 15 is 0 Å². The number of nitrogens with zero attached hydrogens (tertiary/aromatic N) is 2. The predicted octanol–water partition coefficient (Wildman–Crippen LogP) is 3.72. The molecule has 0 spiro atoms. The Morgan fingerprint density at radius 2 is 2.12 bits per heavy atom. The molecule has 3 nitrogen and oxygen atoms in total. The van der Waals surface area contributed by atoms with Gasteiger partial charge in [0.05, 0.1) is 0 Å². The van der Waals surface area contributed by atoms with Crippen molar-refractivity contribution in [2.75, 3.05) is 0 Å². The number of aromatic nitrogens is 1. The van der Waals surface area contributed by atoms with Gasteiger partial charge in [-0.05, 0) is 46.5 Å². The van der Waals surface area contributed by atoms with E-state index < -0.39 is 0 Å². The molecule has 17 heavy (non-hydrogen) atoms. The lowest BCUT2D eigenvalue weighted by molar-refractivity contribution is 1.27. The van der Waals surface area contributed by atoms with Gasteiger partial charge in [-0.1, -0.05) is 18.2 Å². The van der Waals surface area contributed by atoms with Crippen molar-refractivity contribution in [3.8, 4) is 11.1 Å². The Balaban J connectivity index is 2.27. The highest BCUT2D eigenvalue weighted by atomic mass is 16.3. The summed E-state index contributed by atoms with van der Waals surface area (Å²) in [5, 5.41) is 2.98. The Hall–Kier alpha value is -2.29. The minimum atomic E-state index is 0.476. The van der Waals surface area contributed by atoms with Gasteiger partial charge in [-0.2, -0.15) is 0 Å². The van der Waals surface area contributed by atoms with Crippen molar-refractivity contribution in [2.45, 2.75) is 6.42 Å². The van der Waals surface area contributed by atoms with Crippen molar-refractivity contribution >= 4 is 11.8 Å². The van der Waals surface area contributed by atoms with E-state index in [4.69, 9.17) is 0 Å². The van der Waals surface area contributed by atoms with E-state index in [1.807, 2.05) is 24.4 Å². The van der Waals surface area contributed by atoms with Gasteiger partial charge in [0, 0.05) is 18.0 Å². The molecule has 0 N–H and O–H groups in total. The summed E-state index contributed by atoms with van der Waals surface area (Å²) < 4.78 is 0. The first-order chi connectivity index (χ1) is 8.38. The lowest BCUT2D eigenvalue weighted by Crippen LogP contribution is -1.88. The second-order valence-electron chi connectivity index (χ2n) is 4.00. The summed E-state index contributed by atoms with van der Waals surface area (Å²) in [6.45, 7) is 0. The molecule has 0 amide bonds. The zero-order chi connectivity index (χ0) is 11.7. The number of fused-ring (bicyclic) bond motifs is 3. The highest BCUT2D eigenvalue weighted by Gasteiger charge is 2.11. The van der Waals surface area contributed by atoms with Crippen molar-refractivity contribution in [2.24, 2.45) is 5.18 Å². The monoisotopic (exact) mass is 222 g/mol. The Kier molecular flexibility index (Phi) is 2.29. The van der Waals surface area contributed by atoms with Crippen LogP contribution in [0.25, 0.3) is 17.2 Å². The van der Waals surface area contributed by atoms with Gasteiger partial charge in [0.1, 0.15) is 5.69 Å². The SMILES string of the molecule is O=Nc1ccc2c(c1)CC=Cc1ccncc1-2. The maximum atomic E-state index is 10.5. The van der Waals surface area contributed by atoms with Crippen LogP contribution in [0.15, 0.2) is 47.9 Å². The standard InChI is InChI=1S/C14H10N2O/c17-16-12-4-5-13-11(8-12)3-1-2-10-6-7-15-9-14(10)13/h1-2,4-9H,3H2. The molecule has 0 fully saturated rings. The van der Waals surface area contributed by atoms with Crippen LogP contribution in [0.3, 0.4) is 0 Å². The van der Waals surface area contributed by atoms with Crippen LogP contribution >= 0.6 is 0 Å². The van der Waals surface area contributed by atoms with Crippen LogP contribution in [0.2, 0.25) is 0 Å². The fourth-order valence-corrected chi connectivity index (χ4v) is 2.16. The molecule has 1 aliphatic carbocycles. The van der Waals surface area contributed by atoms with Crippen molar-refractivity contribution in [1.29, 1.82) is 0 Å². The van der Waals surface area contributed by atoms with Gasteiger partial charge in [-0.25, -0.2) is 0 Å². The molecule has 2 aromatic rings.